The van der Waals surface area contributed by atoms with E-state index in [2.05, 4.69) is 71.2 Å². The Morgan fingerprint density at radius 2 is 2.11 bits per heavy atom. The predicted octanol–water partition coefficient (Wildman–Crippen LogP) is 4.96. The van der Waals surface area contributed by atoms with E-state index in [1.54, 1.807) is 0 Å². The van der Waals surface area contributed by atoms with Crippen LogP contribution in [0.15, 0.2) is 36.0 Å². The fourth-order valence-corrected chi connectivity index (χ4v) is 3.32. The van der Waals surface area contributed by atoms with Crippen LogP contribution >= 0.6 is 0 Å². The van der Waals surface area contributed by atoms with Crippen molar-refractivity contribution in [2.75, 3.05) is 6.54 Å². The first-order valence-corrected chi connectivity index (χ1v) is 7.56. The van der Waals surface area contributed by atoms with Gasteiger partial charge in [0.05, 0.1) is 0 Å². The molecule has 0 spiro atoms. The number of rotatable bonds is 5. The molecule has 0 fully saturated rings. The van der Waals surface area contributed by atoms with E-state index >= 15 is 0 Å². The van der Waals surface area contributed by atoms with Gasteiger partial charge in [0.2, 0.25) is 0 Å². The molecular weight excluding hydrogens is 230 g/mol. The second kappa shape index (κ2) is 6.56. The minimum atomic E-state index is 0.269. The van der Waals surface area contributed by atoms with Gasteiger partial charge in [-0.25, -0.2) is 0 Å². The van der Waals surface area contributed by atoms with Gasteiger partial charge >= 0.3 is 0 Å². The van der Waals surface area contributed by atoms with E-state index in [9.17, 15) is 0 Å². The summed E-state index contributed by atoms with van der Waals surface area (Å²) in [6.45, 7) is 18.9. The average Bonchev–Trinajstić information content (AvgIpc) is 2.43. The van der Waals surface area contributed by atoms with Gasteiger partial charge in [0.15, 0.2) is 0 Å². The summed E-state index contributed by atoms with van der Waals surface area (Å²) < 4.78 is 0. The van der Waals surface area contributed by atoms with Crippen LogP contribution in [-0.4, -0.2) is 23.5 Å². The topological polar surface area (TPSA) is 3.24 Å². The minimum absolute atomic E-state index is 0.269. The lowest BCUT2D eigenvalue weighted by molar-refractivity contribution is 0.0963. The van der Waals surface area contributed by atoms with Gasteiger partial charge < -0.3 is 0 Å². The molecule has 1 rings (SSSR count). The van der Waals surface area contributed by atoms with E-state index in [0.717, 1.165) is 13.0 Å². The molecule has 0 bridgehead atoms. The van der Waals surface area contributed by atoms with Crippen molar-refractivity contribution in [1.82, 2.24) is 4.90 Å². The Morgan fingerprint density at radius 1 is 1.47 bits per heavy atom. The first kappa shape index (κ1) is 16.2. The Morgan fingerprint density at radius 3 is 2.63 bits per heavy atom. The first-order valence-electron chi connectivity index (χ1n) is 7.56. The maximum absolute atomic E-state index is 4.00. The fraction of sp³-hybridized carbons (Fsp3) is 0.667. The van der Waals surface area contributed by atoms with Crippen molar-refractivity contribution in [3.8, 4) is 0 Å². The molecule has 1 aliphatic carbocycles. The summed E-state index contributed by atoms with van der Waals surface area (Å²) in [7, 11) is 0. The molecule has 1 unspecified atom stereocenters. The highest BCUT2D eigenvalue weighted by molar-refractivity contribution is 5.29. The lowest BCUT2D eigenvalue weighted by Crippen LogP contribution is -2.49. The van der Waals surface area contributed by atoms with Crippen molar-refractivity contribution in [2.45, 2.75) is 66.5 Å². The quantitative estimate of drug-likeness (QED) is 0.632. The third kappa shape index (κ3) is 3.82. The van der Waals surface area contributed by atoms with Crippen LogP contribution in [-0.2, 0) is 0 Å². The molecule has 1 heteroatoms. The molecular formula is C18H31N. The molecule has 108 valence electrons. The molecule has 1 nitrogen and oxygen atoms in total. The van der Waals surface area contributed by atoms with Crippen molar-refractivity contribution in [3.63, 3.8) is 0 Å². The lowest BCUT2D eigenvalue weighted by Gasteiger charge is -2.44. The fourth-order valence-electron chi connectivity index (χ4n) is 3.32. The van der Waals surface area contributed by atoms with E-state index in [1.165, 1.54) is 17.6 Å². The summed E-state index contributed by atoms with van der Waals surface area (Å²) in [5, 5.41) is 0. The summed E-state index contributed by atoms with van der Waals surface area (Å²) in [4.78, 5) is 2.62. The molecule has 2 atom stereocenters. The van der Waals surface area contributed by atoms with Crippen molar-refractivity contribution in [3.05, 3.63) is 36.0 Å². The Labute approximate surface area is 120 Å². The highest BCUT2D eigenvalue weighted by atomic mass is 15.2. The maximum Gasteiger partial charge on any atom is 0.0367 e. The molecule has 1 aliphatic rings. The summed E-state index contributed by atoms with van der Waals surface area (Å²) in [6.07, 6.45) is 9.14. The van der Waals surface area contributed by atoms with E-state index in [1.807, 2.05) is 0 Å². The Balaban J connectivity index is 3.17. The van der Waals surface area contributed by atoms with Crippen LogP contribution < -0.4 is 0 Å². The molecule has 0 amide bonds. The van der Waals surface area contributed by atoms with E-state index < -0.39 is 0 Å². The second-order valence-corrected chi connectivity index (χ2v) is 6.65. The van der Waals surface area contributed by atoms with Gasteiger partial charge in [-0.1, -0.05) is 50.1 Å². The van der Waals surface area contributed by atoms with Crippen LogP contribution in [0, 0.1) is 5.41 Å². The van der Waals surface area contributed by atoms with Crippen LogP contribution in [0.3, 0.4) is 0 Å². The summed E-state index contributed by atoms with van der Waals surface area (Å²) in [5.74, 6) is 0. The van der Waals surface area contributed by atoms with E-state index in [-0.39, 0.29) is 5.41 Å². The highest BCUT2D eigenvalue weighted by Crippen LogP contribution is 2.38. The average molecular weight is 261 g/mol. The Kier molecular flexibility index (Phi) is 5.61. The smallest absolute Gasteiger partial charge is 0.0367 e. The van der Waals surface area contributed by atoms with Gasteiger partial charge in [-0.3, -0.25) is 4.90 Å². The number of hydrogen-bond acceptors (Lipinski definition) is 1. The Bertz CT molecular complexity index is 373. The van der Waals surface area contributed by atoms with Crippen LogP contribution in [0.1, 0.15) is 54.4 Å². The molecule has 0 heterocycles. The van der Waals surface area contributed by atoms with Gasteiger partial charge in [0, 0.05) is 12.1 Å². The second-order valence-electron chi connectivity index (χ2n) is 6.65. The molecule has 0 radical (unpaired) electrons. The molecule has 0 N–H and O–H groups in total. The van der Waals surface area contributed by atoms with Crippen molar-refractivity contribution < 1.29 is 0 Å². The highest BCUT2D eigenvalue weighted by Gasteiger charge is 2.36. The minimum Gasteiger partial charge on any atom is -0.290 e. The zero-order valence-corrected chi connectivity index (χ0v) is 13.7. The van der Waals surface area contributed by atoms with Crippen LogP contribution in [0.2, 0.25) is 0 Å². The third-order valence-corrected chi connectivity index (χ3v) is 4.25. The van der Waals surface area contributed by atoms with Gasteiger partial charge in [-0.2, -0.15) is 0 Å². The molecule has 0 aliphatic heterocycles. The standard InChI is InChI=1S/C18H31N/c1-8-12-19(16(5)9-2)17-15(4)13-14(3)10-11-18(17,6)7/h9-10,13,16-17H,2,8,11-12H2,1,3-7H3/t16?,17-/m1/s1. The normalized spacial score (nSPS) is 24.5. The molecule has 0 aromatic rings. The number of allylic oxidation sites excluding steroid dienone is 3. The molecule has 0 saturated carbocycles. The molecule has 0 aromatic carbocycles. The van der Waals surface area contributed by atoms with Crippen molar-refractivity contribution in [2.24, 2.45) is 5.41 Å². The molecule has 19 heavy (non-hydrogen) atoms. The van der Waals surface area contributed by atoms with Gasteiger partial charge in [-0.15, -0.1) is 6.58 Å². The summed E-state index contributed by atoms with van der Waals surface area (Å²) in [6, 6.07) is 0.917. The molecule has 0 saturated heterocycles. The first-order chi connectivity index (χ1) is 8.83. The van der Waals surface area contributed by atoms with Gasteiger partial charge in [0.1, 0.15) is 0 Å². The lowest BCUT2D eigenvalue weighted by atomic mass is 9.77. The van der Waals surface area contributed by atoms with E-state index in [4.69, 9.17) is 0 Å². The van der Waals surface area contributed by atoms with Gasteiger partial charge in [-0.05, 0) is 45.6 Å². The number of hydrogen-bond donors (Lipinski definition) is 0. The zero-order chi connectivity index (χ0) is 14.6. The van der Waals surface area contributed by atoms with Crippen LogP contribution in [0.4, 0.5) is 0 Å². The van der Waals surface area contributed by atoms with Crippen LogP contribution in [0.25, 0.3) is 0 Å². The van der Waals surface area contributed by atoms with Crippen LogP contribution in [0.5, 0.6) is 0 Å². The maximum atomic E-state index is 4.00. The number of nitrogens with zero attached hydrogens (tertiary/aromatic N) is 1. The monoisotopic (exact) mass is 261 g/mol. The SMILES string of the molecule is C=CC(C)N(CCC)[C@@H]1C(C)=CC(C)=CCC1(C)C. The van der Waals surface area contributed by atoms with Crippen molar-refractivity contribution >= 4 is 0 Å². The van der Waals surface area contributed by atoms with Crippen molar-refractivity contribution in [1.29, 1.82) is 0 Å². The predicted molar refractivity (Wildman–Crippen MR) is 86.4 cm³/mol. The zero-order valence-electron chi connectivity index (χ0n) is 13.7. The summed E-state index contributed by atoms with van der Waals surface area (Å²) in [5.41, 5.74) is 3.15. The van der Waals surface area contributed by atoms with E-state index in [0.29, 0.717) is 12.1 Å². The largest absolute Gasteiger partial charge is 0.290 e. The van der Waals surface area contributed by atoms with Gasteiger partial charge in [0.25, 0.3) is 0 Å². The molecule has 0 aromatic heterocycles. The summed E-state index contributed by atoms with van der Waals surface area (Å²) >= 11 is 0. The third-order valence-electron chi connectivity index (χ3n) is 4.25. The Hall–Kier alpha value is -0.820.